The Labute approximate surface area is 235 Å². The van der Waals surface area contributed by atoms with Crippen LogP contribution in [0.5, 0.6) is 0 Å². The second-order valence-electron chi connectivity index (χ2n) is 12.5. The van der Waals surface area contributed by atoms with Gasteiger partial charge in [0.05, 0.1) is 12.7 Å². The van der Waals surface area contributed by atoms with Crippen molar-refractivity contribution in [3.8, 4) is 11.8 Å². The predicted molar refractivity (Wildman–Crippen MR) is 166 cm³/mol. The van der Waals surface area contributed by atoms with Crippen molar-refractivity contribution in [2.45, 2.75) is 77.2 Å². The van der Waals surface area contributed by atoms with E-state index in [-0.39, 0.29) is 27.7 Å². The number of benzene rings is 2. The Bertz CT molecular complexity index is 1310. The van der Waals surface area contributed by atoms with Crippen LogP contribution >= 0.6 is 0 Å². The molecule has 0 amide bonds. The first-order valence-electron chi connectivity index (χ1n) is 13.4. The van der Waals surface area contributed by atoms with Crippen LogP contribution in [0.25, 0.3) is 0 Å². The van der Waals surface area contributed by atoms with Crippen molar-refractivity contribution in [2.24, 2.45) is 0 Å². The SMILES string of the molecule is CC(C)(C)[Si](C)(C)O[C@@H](CC#Cc1c[nH]c(N)nc1=O)CO[Si](c1ccccc1)(c1ccccc1)C(C)(C)C. The molecule has 3 aromatic rings. The molecular weight excluding hydrogens is 519 g/mol. The van der Waals surface area contributed by atoms with Crippen LogP contribution in [-0.4, -0.2) is 39.3 Å². The van der Waals surface area contributed by atoms with Gasteiger partial charge in [0.25, 0.3) is 13.9 Å². The zero-order valence-electron chi connectivity index (χ0n) is 24.6. The molecule has 8 heteroatoms. The van der Waals surface area contributed by atoms with E-state index in [1.54, 1.807) is 0 Å². The van der Waals surface area contributed by atoms with Gasteiger partial charge in [-0.2, -0.15) is 4.98 Å². The minimum absolute atomic E-state index is 0.0219. The molecule has 39 heavy (non-hydrogen) atoms. The van der Waals surface area contributed by atoms with Crippen LogP contribution in [0.15, 0.2) is 71.7 Å². The Morgan fingerprint density at radius 2 is 1.46 bits per heavy atom. The van der Waals surface area contributed by atoms with Crippen LogP contribution in [-0.2, 0) is 8.85 Å². The largest absolute Gasteiger partial charge is 0.411 e. The number of H-pyrrole nitrogens is 1. The molecule has 0 spiro atoms. The van der Waals surface area contributed by atoms with E-state index in [1.807, 2.05) is 12.1 Å². The Balaban J connectivity index is 2.02. The standard InChI is InChI=1S/C31H43N3O3Si2/c1-30(2,3)38(7,8)37-25(17-15-16-24-22-33-29(32)34-28(24)35)23-36-39(31(4,5)6,26-18-11-9-12-19-26)27-20-13-10-14-21-27/h9-14,18-22,25H,17,23H2,1-8H3,(H3,32,33,34,35)/t25-/m0/s1. The molecule has 208 valence electrons. The maximum atomic E-state index is 12.2. The van der Waals surface area contributed by atoms with Crippen molar-refractivity contribution in [3.05, 3.63) is 82.8 Å². The zero-order valence-corrected chi connectivity index (χ0v) is 26.6. The highest BCUT2D eigenvalue weighted by molar-refractivity contribution is 6.99. The summed E-state index contributed by atoms with van der Waals surface area (Å²) in [6, 6.07) is 21.2. The number of nitrogen functional groups attached to an aromatic ring is 1. The topological polar surface area (TPSA) is 90.2 Å². The zero-order chi connectivity index (χ0) is 28.9. The molecule has 2 aromatic carbocycles. The summed E-state index contributed by atoms with van der Waals surface area (Å²) in [6.45, 7) is 18.4. The summed E-state index contributed by atoms with van der Waals surface area (Å²) in [7, 11) is -4.89. The number of nitrogens with two attached hydrogens (primary N) is 1. The summed E-state index contributed by atoms with van der Waals surface area (Å²) in [6.07, 6.45) is 1.66. The first kappa shape index (κ1) is 30.6. The maximum absolute atomic E-state index is 12.2. The van der Waals surface area contributed by atoms with E-state index >= 15 is 0 Å². The van der Waals surface area contributed by atoms with Crippen LogP contribution in [0.2, 0.25) is 23.2 Å². The minimum Gasteiger partial charge on any atom is -0.411 e. The quantitative estimate of drug-likeness (QED) is 0.296. The molecule has 3 N–H and O–H groups in total. The third kappa shape index (κ3) is 7.17. The van der Waals surface area contributed by atoms with E-state index < -0.39 is 22.2 Å². The van der Waals surface area contributed by atoms with Gasteiger partial charge in [-0.3, -0.25) is 4.79 Å². The molecule has 0 aliphatic heterocycles. The average molecular weight is 562 g/mol. The minimum atomic E-state index is -2.74. The molecule has 0 aliphatic rings. The molecule has 0 radical (unpaired) electrons. The van der Waals surface area contributed by atoms with Crippen LogP contribution in [0.3, 0.4) is 0 Å². The molecule has 1 atom stereocenters. The third-order valence-corrected chi connectivity index (χ3v) is 17.1. The third-order valence-electron chi connectivity index (χ3n) is 7.54. The molecule has 1 aromatic heterocycles. The number of rotatable bonds is 8. The van der Waals surface area contributed by atoms with E-state index in [0.717, 1.165) is 0 Å². The van der Waals surface area contributed by atoms with Crippen molar-refractivity contribution in [2.75, 3.05) is 12.3 Å². The van der Waals surface area contributed by atoms with E-state index in [9.17, 15) is 4.79 Å². The van der Waals surface area contributed by atoms with Gasteiger partial charge < -0.3 is 19.6 Å². The lowest BCUT2D eigenvalue weighted by Gasteiger charge is -2.45. The van der Waals surface area contributed by atoms with Crippen molar-refractivity contribution in [3.63, 3.8) is 0 Å². The number of aromatic amines is 1. The van der Waals surface area contributed by atoms with Gasteiger partial charge in [0.2, 0.25) is 5.95 Å². The molecule has 0 unspecified atom stereocenters. The van der Waals surface area contributed by atoms with Crippen molar-refractivity contribution >= 4 is 33.0 Å². The maximum Gasteiger partial charge on any atom is 0.290 e. The number of hydrogen-bond donors (Lipinski definition) is 2. The molecule has 3 rings (SSSR count). The number of nitrogens with one attached hydrogen (secondary N) is 1. The molecule has 0 fully saturated rings. The van der Waals surface area contributed by atoms with Gasteiger partial charge >= 0.3 is 0 Å². The van der Waals surface area contributed by atoms with Gasteiger partial charge in [0.15, 0.2) is 8.32 Å². The monoisotopic (exact) mass is 561 g/mol. The van der Waals surface area contributed by atoms with Gasteiger partial charge in [0.1, 0.15) is 5.56 Å². The second-order valence-corrected chi connectivity index (χ2v) is 21.5. The lowest BCUT2D eigenvalue weighted by Crippen LogP contribution is -2.67. The van der Waals surface area contributed by atoms with Gasteiger partial charge in [-0.1, -0.05) is 114 Å². The Morgan fingerprint density at radius 3 is 1.92 bits per heavy atom. The Hall–Kier alpha value is -2.97. The molecule has 0 saturated carbocycles. The lowest BCUT2D eigenvalue weighted by atomic mass is 10.2. The molecule has 6 nitrogen and oxygen atoms in total. The van der Waals surface area contributed by atoms with Gasteiger partial charge in [-0.25, -0.2) is 0 Å². The van der Waals surface area contributed by atoms with Gasteiger partial charge in [-0.05, 0) is 33.5 Å². The molecule has 0 saturated heterocycles. The fourth-order valence-corrected chi connectivity index (χ4v) is 10.4. The average Bonchev–Trinajstić information content (AvgIpc) is 2.85. The van der Waals surface area contributed by atoms with Crippen LogP contribution < -0.4 is 21.7 Å². The molecular formula is C31H43N3O3Si2. The fourth-order valence-electron chi connectivity index (χ4n) is 4.47. The second kappa shape index (κ2) is 12.0. The summed E-state index contributed by atoms with van der Waals surface area (Å²) in [5.41, 5.74) is 5.42. The normalized spacial score (nSPS) is 13.4. The fraction of sp³-hybridized carbons (Fsp3) is 0.419. The van der Waals surface area contributed by atoms with Gasteiger partial charge in [0, 0.05) is 12.6 Å². The lowest BCUT2D eigenvalue weighted by molar-refractivity contribution is 0.113. The molecule has 0 bridgehead atoms. The van der Waals surface area contributed by atoms with E-state index in [4.69, 9.17) is 14.6 Å². The smallest absolute Gasteiger partial charge is 0.290 e. The van der Waals surface area contributed by atoms with Gasteiger partial charge in [-0.15, -0.1) is 0 Å². The van der Waals surface area contributed by atoms with Crippen molar-refractivity contribution in [1.29, 1.82) is 0 Å². The van der Waals surface area contributed by atoms with Crippen molar-refractivity contribution in [1.82, 2.24) is 9.97 Å². The van der Waals surface area contributed by atoms with Crippen LogP contribution in [0.4, 0.5) is 5.95 Å². The van der Waals surface area contributed by atoms with E-state index in [1.165, 1.54) is 16.6 Å². The highest BCUT2D eigenvalue weighted by atomic mass is 28.4. The molecule has 1 heterocycles. The Morgan fingerprint density at radius 1 is 0.923 bits per heavy atom. The number of aromatic nitrogens is 2. The molecule has 0 aliphatic carbocycles. The summed E-state index contributed by atoms with van der Waals surface area (Å²) in [4.78, 5) is 18.7. The first-order chi connectivity index (χ1) is 18.2. The Kier molecular flexibility index (Phi) is 9.45. The summed E-state index contributed by atoms with van der Waals surface area (Å²) < 4.78 is 14.1. The van der Waals surface area contributed by atoms with E-state index in [2.05, 4.69) is 125 Å². The number of hydrogen-bond acceptors (Lipinski definition) is 5. The van der Waals surface area contributed by atoms with Crippen LogP contribution in [0, 0.1) is 11.8 Å². The van der Waals surface area contributed by atoms with Crippen LogP contribution in [0.1, 0.15) is 53.5 Å². The van der Waals surface area contributed by atoms with Crippen molar-refractivity contribution < 1.29 is 8.85 Å². The number of anilines is 1. The summed E-state index contributed by atoms with van der Waals surface area (Å²) >= 11 is 0. The highest BCUT2D eigenvalue weighted by Crippen LogP contribution is 2.39. The summed E-state index contributed by atoms with van der Waals surface area (Å²) in [5.74, 6) is 6.21. The highest BCUT2D eigenvalue weighted by Gasteiger charge is 2.50. The van der Waals surface area contributed by atoms with E-state index in [0.29, 0.717) is 13.0 Å². The first-order valence-corrected chi connectivity index (χ1v) is 18.3. The number of nitrogens with zero attached hydrogens (tertiary/aromatic N) is 1. The predicted octanol–water partition coefficient (Wildman–Crippen LogP) is 5.06. The summed E-state index contributed by atoms with van der Waals surface area (Å²) in [5, 5.41) is 2.32.